The van der Waals surface area contributed by atoms with Crippen molar-refractivity contribution in [1.29, 1.82) is 5.26 Å². The van der Waals surface area contributed by atoms with Crippen molar-refractivity contribution in [2.45, 2.75) is 6.92 Å². The molecule has 4 nitrogen and oxygen atoms in total. The van der Waals surface area contributed by atoms with Crippen LogP contribution in [0.25, 0.3) is 16.6 Å². The molecule has 3 aromatic rings. The molecular formula is C20H14FN3OS. The van der Waals surface area contributed by atoms with E-state index in [2.05, 4.69) is 10.3 Å². The van der Waals surface area contributed by atoms with Gasteiger partial charge in [0, 0.05) is 16.6 Å². The summed E-state index contributed by atoms with van der Waals surface area (Å²) in [6, 6.07) is 15.2. The minimum absolute atomic E-state index is 0.0394. The number of anilines is 1. The number of halogens is 1. The molecule has 1 amide bonds. The zero-order chi connectivity index (χ0) is 18.5. The molecule has 26 heavy (non-hydrogen) atoms. The van der Waals surface area contributed by atoms with Gasteiger partial charge in [-0.25, -0.2) is 9.37 Å². The summed E-state index contributed by atoms with van der Waals surface area (Å²) < 4.78 is 13.0. The molecular weight excluding hydrogens is 349 g/mol. The van der Waals surface area contributed by atoms with E-state index in [-0.39, 0.29) is 11.4 Å². The molecule has 0 bridgehead atoms. The summed E-state index contributed by atoms with van der Waals surface area (Å²) in [5.41, 5.74) is 2.88. The van der Waals surface area contributed by atoms with Crippen LogP contribution in [0.1, 0.15) is 11.3 Å². The quantitative estimate of drug-likeness (QED) is 0.535. The zero-order valence-corrected chi connectivity index (χ0v) is 14.7. The van der Waals surface area contributed by atoms with Crippen LogP contribution in [-0.2, 0) is 4.79 Å². The van der Waals surface area contributed by atoms with Crippen LogP contribution >= 0.6 is 11.3 Å². The number of carbonyl (C=O) groups is 1. The van der Waals surface area contributed by atoms with Crippen LogP contribution in [0.3, 0.4) is 0 Å². The first kappa shape index (κ1) is 17.5. The number of hydrogen-bond acceptors (Lipinski definition) is 4. The zero-order valence-electron chi connectivity index (χ0n) is 13.9. The number of nitriles is 1. The first-order valence-corrected chi connectivity index (χ1v) is 8.64. The Labute approximate surface area is 154 Å². The molecule has 0 saturated carbocycles. The van der Waals surface area contributed by atoms with Crippen LogP contribution in [0, 0.1) is 24.1 Å². The second kappa shape index (κ2) is 7.72. The molecule has 0 radical (unpaired) electrons. The van der Waals surface area contributed by atoms with Crippen molar-refractivity contribution in [2.24, 2.45) is 0 Å². The van der Waals surface area contributed by atoms with Gasteiger partial charge in [-0.15, -0.1) is 11.3 Å². The highest BCUT2D eigenvalue weighted by atomic mass is 32.1. The summed E-state index contributed by atoms with van der Waals surface area (Å²) in [5.74, 6) is -0.806. The van der Waals surface area contributed by atoms with Gasteiger partial charge >= 0.3 is 0 Å². The molecule has 1 aromatic heterocycles. The molecule has 0 aliphatic rings. The molecule has 0 fully saturated rings. The van der Waals surface area contributed by atoms with Crippen molar-refractivity contribution in [3.05, 3.63) is 76.6 Å². The minimum atomic E-state index is -0.491. The predicted octanol–water partition coefficient (Wildman–Crippen LogP) is 4.80. The SMILES string of the molecule is Cc1cccc(NC(=O)/C(C#N)=C\c2csc(-c3ccc(F)cc3)n2)c1. The normalized spacial score (nSPS) is 11.0. The molecule has 0 aliphatic heterocycles. The number of rotatable bonds is 4. The number of benzene rings is 2. The van der Waals surface area contributed by atoms with E-state index in [9.17, 15) is 14.4 Å². The molecule has 0 spiro atoms. The number of nitrogens with one attached hydrogen (secondary N) is 1. The lowest BCUT2D eigenvalue weighted by Crippen LogP contribution is -2.13. The second-order valence-corrected chi connectivity index (χ2v) is 6.44. The Morgan fingerprint density at radius 2 is 2.04 bits per heavy atom. The van der Waals surface area contributed by atoms with Crippen molar-refractivity contribution >= 4 is 29.0 Å². The number of carbonyl (C=O) groups excluding carboxylic acids is 1. The van der Waals surface area contributed by atoms with Crippen LogP contribution in [0.4, 0.5) is 10.1 Å². The van der Waals surface area contributed by atoms with Crippen molar-refractivity contribution in [3.8, 4) is 16.6 Å². The van der Waals surface area contributed by atoms with Crippen LogP contribution in [0.15, 0.2) is 59.5 Å². The van der Waals surface area contributed by atoms with E-state index in [4.69, 9.17) is 0 Å². The Morgan fingerprint density at radius 1 is 1.27 bits per heavy atom. The third-order valence-electron chi connectivity index (χ3n) is 3.55. The maximum atomic E-state index is 13.0. The standard InChI is InChI=1S/C20H14FN3OS/c1-13-3-2-4-17(9-13)23-19(25)15(11-22)10-18-12-26-20(24-18)14-5-7-16(21)8-6-14/h2-10,12H,1H3,(H,23,25)/b15-10-. The smallest absolute Gasteiger partial charge is 0.266 e. The van der Waals surface area contributed by atoms with Gasteiger partial charge in [-0.3, -0.25) is 4.79 Å². The molecule has 1 N–H and O–H groups in total. The molecule has 2 aromatic carbocycles. The van der Waals surface area contributed by atoms with Gasteiger partial charge < -0.3 is 5.32 Å². The second-order valence-electron chi connectivity index (χ2n) is 5.58. The van der Waals surface area contributed by atoms with Crippen molar-refractivity contribution in [3.63, 3.8) is 0 Å². The van der Waals surface area contributed by atoms with Crippen molar-refractivity contribution < 1.29 is 9.18 Å². The molecule has 6 heteroatoms. The third kappa shape index (κ3) is 4.21. The molecule has 128 valence electrons. The largest absolute Gasteiger partial charge is 0.321 e. The first-order chi connectivity index (χ1) is 12.5. The maximum Gasteiger partial charge on any atom is 0.266 e. The van der Waals surface area contributed by atoms with Gasteiger partial charge in [0.15, 0.2) is 0 Å². The predicted molar refractivity (Wildman–Crippen MR) is 101 cm³/mol. The Balaban J connectivity index is 1.80. The number of aromatic nitrogens is 1. The van der Waals surface area contributed by atoms with Gasteiger partial charge in [0.25, 0.3) is 5.91 Å². The maximum absolute atomic E-state index is 13.0. The number of nitrogens with zero attached hydrogens (tertiary/aromatic N) is 2. The van der Waals surface area contributed by atoms with E-state index in [1.165, 1.54) is 29.5 Å². The van der Waals surface area contributed by atoms with Gasteiger partial charge in [0.05, 0.1) is 5.69 Å². The highest BCUT2D eigenvalue weighted by Crippen LogP contribution is 2.25. The molecule has 0 atom stereocenters. The van der Waals surface area contributed by atoms with Crippen LogP contribution in [0.2, 0.25) is 0 Å². The van der Waals surface area contributed by atoms with Gasteiger partial charge in [-0.1, -0.05) is 12.1 Å². The van der Waals surface area contributed by atoms with Crippen LogP contribution < -0.4 is 5.32 Å². The topological polar surface area (TPSA) is 65.8 Å². The van der Waals surface area contributed by atoms with Crippen LogP contribution in [-0.4, -0.2) is 10.9 Å². The molecule has 0 aliphatic carbocycles. The number of hydrogen-bond donors (Lipinski definition) is 1. The van der Waals surface area contributed by atoms with Gasteiger partial charge in [0.1, 0.15) is 22.5 Å². The highest BCUT2D eigenvalue weighted by molar-refractivity contribution is 7.13. The summed E-state index contributed by atoms with van der Waals surface area (Å²) in [6.07, 6.45) is 1.44. The van der Waals surface area contributed by atoms with Gasteiger partial charge in [-0.2, -0.15) is 5.26 Å². The summed E-state index contributed by atoms with van der Waals surface area (Å²) in [5, 5.41) is 14.4. The van der Waals surface area contributed by atoms with Crippen molar-refractivity contribution in [2.75, 3.05) is 5.32 Å². The lowest BCUT2D eigenvalue weighted by atomic mass is 10.2. The summed E-state index contributed by atoms with van der Waals surface area (Å²) in [6.45, 7) is 1.92. The summed E-state index contributed by atoms with van der Waals surface area (Å²) in [4.78, 5) is 16.7. The third-order valence-corrected chi connectivity index (χ3v) is 4.46. The highest BCUT2D eigenvalue weighted by Gasteiger charge is 2.11. The monoisotopic (exact) mass is 363 g/mol. The van der Waals surface area contributed by atoms with Gasteiger partial charge in [-0.05, 0) is 55.0 Å². The number of aryl methyl sites for hydroxylation is 1. The minimum Gasteiger partial charge on any atom is -0.321 e. The molecule has 3 rings (SSSR count). The first-order valence-electron chi connectivity index (χ1n) is 7.76. The van der Waals surface area contributed by atoms with E-state index in [1.54, 1.807) is 23.6 Å². The fraction of sp³-hybridized carbons (Fsp3) is 0.0500. The molecule has 0 saturated heterocycles. The average Bonchev–Trinajstić information content (AvgIpc) is 3.09. The number of amides is 1. The van der Waals surface area contributed by atoms with E-state index >= 15 is 0 Å². The lowest BCUT2D eigenvalue weighted by molar-refractivity contribution is -0.112. The van der Waals surface area contributed by atoms with Gasteiger partial charge in [0.2, 0.25) is 0 Å². The van der Waals surface area contributed by atoms with E-state index < -0.39 is 5.91 Å². The lowest BCUT2D eigenvalue weighted by Gasteiger charge is -2.04. The Bertz CT molecular complexity index is 1020. The average molecular weight is 363 g/mol. The summed E-state index contributed by atoms with van der Waals surface area (Å²) in [7, 11) is 0. The van der Waals surface area contributed by atoms with E-state index in [0.29, 0.717) is 16.4 Å². The number of thiazole rings is 1. The molecule has 0 unspecified atom stereocenters. The van der Waals surface area contributed by atoms with E-state index in [0.717, 1.165) is 11.1 Å². The fourth-order valence-electron chi connectivity index (χ4n) is 2.30. The fourth-order valence-corrected chi connectivity index (χ4v) is 3.08. The van der Waals surface area contributed by atoms with Crippen molar-refractivity contribution in [1.82, 2.24) is 4.98 Å². The Kier molecular flexibility index (Phi) is 5.20. The Morgan fingerprint density at radius 3 is 2.73 bits per heavy atom. The summed E-state index contributed by atoms with van der Waals surface area (Å²) >= 11 is 1.36. The van der Waals surface area contributed by atoms with E-state index in [1.807, 2.05) is 31.2 Å². The molecule has 1 heterocycles. The Hall–Kier alpha value is -3.30. The van der Waals surface area contributed by atoms with Crippen LogP contribution in [0.5, 0.6) is 0 Å².